The first-order valence-corrected chi connectivity index (χ1v) is 10.7. The highest BCUT2D eigenvalue weighted by Gasteiger charge is 2.16. The Hall–Kier alpha value is -4.62. The van der Waals surface area contributed by atoms with E-state index in [-0.39, 0.29) is 24.6 Å². The van der Waals surface area contributed by atoms with Crippen LogP contribution < -0.4 is 5.56 Å². The van der Waals surface area contributed by atoms with Gasteiger partial charge in [0.05, 0.1) is 44.4 Å². The zero-order valence-corrected chi connectivity index (χ0v) is 18.5. The van der Waals surface area contributed by atoms with Crippen molar-refractivity contribution in [3.8, 4) is 22.3 Å². The molecule has 5 rings (SSSR count). The maximum atomic E-state index is 13.4. The number of aliphatic hydroxyl groups is 2. The molecule has 0 spiro atoms. The van der Waals surface area contributed by atoms with Crippen LogP contribution in [0.1, 0.15) is 5.69 Å². The molecule has 13 nitrogen and oxygen atoms in total. The van der Waals surface area contributed by atoms with E-state index < -0.39 is 0 Å². The van der Waals surface area contributed by atoms with Crippen molar-refractivity contribution in [3.05, 3.63) is 71.7 Å². The lowest BCUT2D eigenvalue weighted by atomic mass is 10.2. The molecule has 4 N–H and O–H groups in total. The van der Waals surface area contributed by atoms with E-state index in [0.29, 0.717) is 24.3 Å². The Kier molecular flexibility index (Phi) is 5.91. The maximum Gasteiger partial charge on any atom is 0.283 e. The number of H-pyrrole nitrogens is 1. The van der Waals surface area contributed by atoms with Gasteiger partial charge in [0.25, 0.3) is 5.56 Å². The minimum atomic E-state index is -0.360. The molecule has 0 saturated heterocycles. The minimum Gasteiger partial charge on any atom is -0.394 e. The van der Waals surface area contributed by atoms with Crippen LogP contribution in [0.2, 0.25) is 0 Å². The fraction of sp³-hybridized carbons (Fsp3) is 0.182. The maximum absolute atomic E-state index is 13.4. The van der Waals surface area contributed by atoms with Gasteiger partial charge in [0.15, 0.2) is 5.84 Å². The van der Waals surface area contributed by atoms with Crippen molar-refractivity contribution in [1.29, 1.82) is 5.41 Å². The van der Waals surface area contributed by atoms with Crippen LogP contribution in [0.5, 0.6) is 0 Å². The fourth-order valence-corrected chi connectivity index (χ4v) is 3.79. The number of aliphatic hydroxyl groups excluding tert-OH is 2. The predicted molar refractivity (Wildman–Crippen MR) is 128 cm³/mol. The van der Waals surface area contributed by atoms with Crippen LogP contribution in [-0.4, -0.2) is 74.3 Å². The number of aliphatic imine (C=N–C) groups is 1. The van der Waals surface area contributed by atoms with E-state index in [1.165, 1.54) is 15.4 Å². The Morgan fingerprint density at radius 3 is 2.31 bits per heavy atom. The number of hydrogen-bond acceptors (Lipinski definition) is 7. The van der Waals surface area contributed by atoms with Gasteiger partial charge in [0.2, 0.25) is 0 Å². The second-order valence-corrected chi connectivity index (χ2v) is 7.68. The van der Waals surface area contributed by atoms with Crippen LogP contribution in [0.3, 0.4) is 0 Å². The van der Waals surface area contributed by atoms with Crippen molar-refractivity contribution in [3.63, 3.8) is 0 Å². The van der Waals surface area contributed by atoms with Crippen molar-refractivity contribution in [2.24, 2.45) is 4.99 Å². The summed E-state index contributed by atoms with van der Waals surface area (Å²) >= 11 is 0. The number of hydrogen-bond donors (Lipinski definition) is 4. The van der Waals surface area contributed by atoms with Gasteiger partial charge in [-0.1, -0.05) is 0 Å². The molecule has 0 amide bonds. The summed E-state index contributed by atoms with van der Waals surface area (Å²) in [4.78, 5) is 20.6. The normalized spacial score (nSPS) is 12.0. The molecule has 0 aliphatic carbocycles. The third-order valence-corrected chi connectivity index (χ3v) is 5.46. The van der Waals surface area contributed by atoms with Crippen LogP contribution in [-0.2, 0) is 13.1 Å². The summed E-state index contributed by atoms with van der Waals surface area (Å²) in [6, 6.07) is 3.52. The number of fused-ring (bicyclic) bond motifs is 1. The van der Waals surface area contributed by atoms with Crippen LogP contribution in [0.15, 0.2) is 65.4 Å². The van der Waals surface area contributed by atoms with Crippen molar-refractivity contribution < 1.29 is 10.2 Å². The third-order valence-electron chi connectivity index (χ3n) is 5.46. The van der Waals surface area contributed by atoms with Gasteiger partial charge < -0.3 is 15.2 Å². The molecule has 0 radical (unpaired) electrons. The number of rotatable bonds is 8. The van der Waals surface area contributed by atoms with Gasteiger partial charge >= 0.3 is 0 Å². The third kappa shape index (κ3) is 4.20. The van der Waals surface area contributed by atoms with E-state index >= 15 is 0 Å². The Morgan fingerprint density at radius 1 is 0.971 bits per heavy atom. The molecule has 0 unspecified atom stereocenters. The zero-order valence-electron chi connectivity index (χ0n) is 18.5. The molecular weight excluding hydrogens is 452 g/mol. The summed E-state index contributed by atoms with van der Waals surface area (Å²) < 4.78 is 6.02. The predicted octanol–water partition coefficient (Wildman–Crippen LogP) is 0.438. The highest BCUT2D eigenvalue weighted by molar-refractivity contribution is 6.03. The van der Waals surface area contributed by atoms with Crippen molar-refractivity contribution in [2.45, 2.75) is 13.1 Å². The standard InChI is InChI=1S/C22H22N10O3/c23-13-25-21(19-5-15(7-24-19)17-8-26-29(10-17)1-3-33)31-14-28-32-12-16(6-20(32)22(31)35)18-9-27-30(11-18)2-4-34/h5-14,23-24,33-34H,1-4H2. The molecule has 0 aliphatic heterocycles. The number of aromatic nitrogens is 8. The Labute approximate surface area is 197 Å². The summed E-state index contributed by atoms with van der Waals surface area (Å²) in [5, 5.41) is 38.5. The second-order valence-electron chi connectivity index (χ2n) is 7.68. The largest absolute Gasteiger partial charge is 0.394 e. The topological polar surface area (TPSA) is 167 Å². The van der Waals surface area contributed by atoms with E-state index in [4.69, 9.17) is 15.6 Å². The quantitative estimate of drug-likeness (QED) is 0.188. The molecule has 5 heterocycles. The summed E-state index contributed by atoms with van der Waals surface area (Å²) in [6.07, 6.45) is 12.6. The molecule has 0 fully saturated rings. The lowest BCUT2D eigenvalue weighted by Crippen LogP contribution is -2.30. The van der Waals surface area contributed by atoms with Gasteiger partial charge in [-0.25, -0.2) is 14.1 Å². The summed E-state index contributed by atoms with van der Waals surface area (Å²) in [6.45, 7) is 0.731. The monoisotopic (exact) mass is 474 g/mol. The van der Waals surface area contributed by atoms with Gasteiger partial charge in [0, 0.05) is 47.0 Å². The smallest absolute Gasteiger partial charge is 0.283 e. The lowest BCUT2D eigenvalue weighted by Gasteiger charge is -2.07. The molecule has 0 saturated carbocycles. The molecule has 178 valence electrons. The SMILES string of the molecule is N=CN=C(c1cc(-c2cnn(CCO)c2)c[nH]1)n1cnn2cc(-c3cnn(CCO)c3)cc2c1=O. The van der Waals surface area contributed by atoms with E-state index in [9.17, 15) is 4.79 Å². The average molecular weight is 474 g/mol. The molecule has 5 aromatic rings. The Morgan fingerprint density at radius 2 is 1.66 bits per heavy atom. The van der Waals surface area contributed by atoms with Crippen LogP contribution >= 0.6 is 0 Å². The van der Waals surface area contributed by atoms with Crippen LogP contribution in [0.25, 0.3) is 27.8 Å². The number of aromatic amines is 1. The van der Waals surface area contributed by atoms with Gasteiger partial charge in [-0.05, 0) is 12.1 Å². The van der Waals surface area contributed by atoms with Gasteiger partial charge in [0.1, 0.15) is 18.2 Å². The molecule has 13 heteroatoms. The second kappa shape index (κ2) is 9.32. The van der Waals surface area contributed by atoms with Crippen molar-refractivity contribution in [2.75, 3.05) is 13.2 Å². The van der Waals surface area contributed by atoms with Gasteiger partial charge in [-0.3, -0.25) is 19.6 Å². The van der Waals surface area contributed by atoms with E-state index in [0.717, 1.165) is 28.6 Å². The highest BCUT2D eigenvalue weighted by Crippen LogP contribution is 2.22. The van der Waals surface area contributed by atoms with E-state index in [2.05, 4.69) is 25.3 Å². The average Bonchev–Trinajstić information content (AvgIpc) is 3.64. The van der Waals surface area contributed by atoms with Crippen LogP contribution in [0.4, 0.5) is 0 Å². The molecule has 0 bridgehead atoms. The number of nitrogens with one attached hydrogen (secondary N) is 2. The lowest BCUT2D eigenvalue weighted by molar-refractivity contribution is 0.269. The number of nitrogens with zero attached hydrogens (tertiary/aromatic N) is 8. The Bertz CT molecular complexity index is 1580. The minimum absolute atomic E-state index is 0.0134. The first kappa shape index (κ1) is 22.2. The molecule has 0 atom stereocenters. The first-order chi connectivity index (χ1) is 17.1. The fourth-order valence-electron chi connectivity index (χ4n) is 3.79. The summed E-state index contributed by atoms with van der Waals surface area (Å²) in [5.74, 6) is 0.215. The van der Waals surface area contributed by atoms with Crippen molar-refractivity contribution in [1.82, 2.24) is 38.7 Å². The van der Waals surface area contributed by atoms with E-state index in [1.54, 1.807) is 58.7 Å². The molecule has 35 heavy (non-hydrogen) atoms. The summed E-state index contributed by atoms with van der Waals surface area (Å²) in [7, 11) is 0. The van der Waals surface area contributed by atoms with Crippen molar-refractivity contribution >= 4 is 17.7 Å². The van der Waals surface area contributed by atoms with Gasteiger partial charge in [-0.2, -0.15) is 15.3 Å². The zero-order chi connectivity index (χ0) is 24.4. The first-order valence-electron chi connectivity index (χ1n) is 10.7. The van der Waals surface area contributed by atoms with E-state index in [1.807, 2.05) is 0 Å². The van der Waals surface area contributed by atoms with Gasteiger partial charge in [-0.15, -0.1) is 0 Å². The molecule has 5 aromatic heterocycles. The van der Waals surface area contributed by atoms with Crippen LogP contribution in [0, 0.1) is 5.41 Å². The molecule has 0 aromatic carbocycles. The Balaban J connectivity index is 1.51. The highest BCUT2D eigenvalue weighted by atomic mass is 16.3. The molecular formula is C22H22N10O3. The molecule has 0 aliphatic rings. The summed E-state index contributed by atoms with van der Waals surface area (Å²) in [5.41, 5.74) is 3.67.